The Morgan fingerprint density at radius 1 is 1.30 bits per heavy atom. The molecule has 1 saturated heterocycles. The molecule has 0 aromatic heterocycles. The number of aryl methyl sites for hydroxylation is 1. The molecule has 0 unspecified atom stereocenters. The van der Waals surface area contributed by atoms with Gasteiger partial charge < -0.3 is 10.0 Å². The minimum absolute atomic E-state index is 0.293. The first-order chi connectivity index (χ1) is 11.0. The molecule has 2 N–H and O–H groups in total. The van der Waals surface area contributed by atoms with E-state index in [9.17, 15) is 9.90 Å². The van der Waals surface area contributed by atoms with Crippen LogP contribution in [0.5, 0.6) is 0 Å². The minimum atomic E-state index is -0.681. The summed E-state index contributed by atoms with van der Waals surface area (Å²) < 4.78 is 0. The van der Waals surface area contributed by atoms with E-state index in [0.717, 1.165) is 67.9 Å². The number of carboxylic acids is 1. The van der Waals surface area contributed by atoms with Gasteiger partial charge in [-0.05, 0) is 50.3 Å². The number of carbonyl (C=O) groups is 1. The summed E-state index contributed by atoms with van der Waals surface area (Å²) in [5, 5.41) is 13.9. The monoisotopic (exact) mass is 336 g/mol. The highest BCUT2D eigenvalue weighted by Crippen LogP contribution is 2.32. The van der Waals surface area contributed by atoms with Crippen molar-refractivity contribution in [2.75, 3.05) is 18.0 Å². The Morgan fingerprint density at radius 2 is 1.96 bits per heavy atom. The number of benzene rings is 1. The Balaban J connectivity index is 1.60. The zero-order valence-corrected chi connectivity index (χ0v) is 14.4. The third kappa shape index (κ3) is 3.48. The first-order valence-electron chi connectivity index (χ1n) is 8.52. The number of piperidine rings is 1. The van der Waals surface area contributed by atoms with Gasteiger partial charge in [0.25, 0.3) is 0 Å². The fraction of sp³-hybridized carbons (Fsp3) is 0.611. The Morgan fingerprint density at radius 3 is 2.52 bits per heavy atom. The molecule has 3 rings (SSSR count). The van der Waals surface area contributed by atoms with Crippen molar-refractivity contribution in [2.45, 2.75) is 57.0 Å². The Bertz CT molecular complexity index is 576. The molecule has 0 spiro atoms. The van der Waals surface area contributed by atoms with Crippen LogP contribution in [-0.4, -0.2) is 35.7 Å². The Kier molecular flexibility index (Phi) is 4.83. The molecule has 5 heteroatoms. The topological polar surface area (TPSA) is 52.6 Å². The van der Waals surface area contributed by atoms with Gasteiger partial charge >= 0.3 is 5.97 Å². The zero-order valence-electron chi connectivity index (χ0n) is 13.6. The predicted octanol–water partition coefficient (Wildman–Crippen LogP) is 3.60. The van der Waals surface area contributed by atoms with Gasteiger partial charge in [-0.1, -0.05) is 30.5 Å². The molecule has 0 bridgehead atoms. The summed E-state index contributed by atoms with van der Waals surface area (Å²) in [5.41, 5.74) is 1.57. The minimum Gasteiger partial charge on any atom is -0.480 e. The second kappa shape index (κ2) is 6.70. The van der Waals surface area contributed by atoms with E-state index in [1.54, 1.807) is 0 Å². The maximum Gasteiger partial charge on any atom is 0.323 e. The second-order valence-electron chi connectivity index (χ2n) is 6.93. The molecule has 23 heavy (non-hydrogen) atoms. The van der Waals surface area contributed by atoms with Crippen molar-refractivity contribution < 1.29 is 9.90 Å². The van der Waals surface area contributed by atoms with Crippen molar-refractivity contribution in [3.63, 3.8) is 0 Å². The van der Waals surface area contributed by atoms with Crippen molar-refractivity contribution in [1.82, 2.24) is 5.32 Å². The molecule has 1 heterocycles. The molecule has 1 aromatic carbocycles. The zero-order chi connectivity index (χ0) is 16.4. The summed E-state index contributed by atoms with van der Waals surface area (Å²) >= 11 is 6.22. The molecule has 1 aliphatic heterocycles. The van der Waals surface area contributed by atoms with Gasteiger partial charge in [0.2, 0.25) is 0 Å². The van der Waals surface area contributed by atoms with Crippen LogP contribution in [-0.2, 0) is 4.79 Å². The summed E-state index contributed by atoms with van der Waals surface area (Å²) in [6.45, 7) is 3.88. The van der Waals surface area contributed by atoms with Crippen LogP contribution in [0.3, 0.4) is 0 Å². The maximum atomic E-state index is 11.7. The van der Waals surface area contributed by atoms with Gasteiger partial charge in [0, 0.05) is 29.8 Å². The van der Waals surface area contributed by atoms with Gasteiger partial charge in [0.05, 0.1) is 0 Å². The number of aliphatic carboxylic acids is 1. The normalized spacial score (nSPS) is 21.6. The highest BCUT2D eigenvalue weighted by atomic mass is 35.5. The van der Waals surface area contributed by atoms with E-state index in [1.165, 1.54) is 0 Å². The summed E-state index contributed by atoms with van der Waals surface area (Å²) in [6.07, 6.45) is 5.49. The molecule has 1 saturated carbocycles. The third-order valence-electron chi connectivity index (χ3n) is 5.36. The largest absolute Gasteiger partial charge is 0.480 e. The first-order valence-corrected chi connectivity index (χ1v) is 8.90. The number of nitrogens with zero attached hydrogens (tertiary/aromatic N) is 1. The van der Waals surface area contributed by atoms with E-state index in [4.69, 9.17) is 11.6 Å². The van der Waals surface area contributed by atoms with Gasteiger partial charge in [0.1, 0.15) is 5.54 Å². The van der Waals surface area contributed by atoms with Crippen LogP contribution < -0.4 is 10.2 Å². The summed E-state index contributed by atoms with van der Waals surface area (Å²) in [6, 6.07) is 6.49. The first kappa shape index (κ1) is 16.6. The van der Waals surface area contributed by atoms with Gasteiger partial charge in [-0.25, -0.2) is 0 Å². The molecule has 0 amide bonds. The van der Waals surface area contributed by atoms with E-state index in [-0.39, 0.29) is 0 Å². The molecule has 4 nitrogen and oxygen atoms in total. The van der Waals surface area contributed by atoms with Crippen LogP contribution in [0.1, 0.15) is 44.1 Å². The summed E-state index contributed by atoms with van der Waals surface area (Å²) in [7, 11) is 0. The molecule has 1 aromatic rings. The van der Waals surface area contributed by atoms with Crippen LogP contribution in [0.2, 0.25) is 5.02 Å². The lowest BCUT2D eigenvalue weighted by molar-refractivity contribution is -0.145. The quantitative estimate of drug-likeness (QED) is 0.882. The van der Waals surface area contributed by atoms with E-state index < -0.39 is 11.5 Å². The van der Waals surface area contributed by atoms with Crippen LogP contribution in [0.25, 0.3) is 0 Å². The lowest BCUT2D eigenvalue weighted by Gasteiger charge is -2.38. The van der Waals surface area contributed by atoms with Crippen molar-refractivity contribution in [1.29, 1.82) is 0 Å². The molecule has 126 valence electrons. The molecular formula is C18H25ClN2O2. The summed E-state index contributed by atoms with van der Waals surface area (Å²) in [5.74, 6) is -0.678. The number of nitrogens with one attached hydrogen (secondary N) is 1. The Hall–Kier alpha value is -1.26. The number of halogens is 1. The van der Waals surface area contributed by atoms with Crippen LogP contribution in [0, 0.1) is 6.92 Å². The molecule has 0 radical (unpaired) electrons. The van der Waals surface area contributed by atoms with E-state index in [0.29, 0.717) is 6.04 Å². The van der Waals surface area contributed by atoms with Crippen molar-refractivity contribution in [3.05, 3.63) is 28.8 Å². The van der Waals surface area contributed by atoms with E-state index >= 15 is 0 Å². The predicted molar refractivity (Wildman–Crippen MR) is 93.4 cm³/mol. The van der Waals surface area contributed by atoms with Crippen molar-refractivity contribution in [3.8, 4) is 0 Å². The lowest BCUT2D eigenvalue weighted by Crippen LogP contribution is -2.56. The van der Waals surface area contributed by atoms with Gasteiger partial charge in [0.15, 0.2) is 0 Å². The third-order valence-corrected chi connectivity index (χ3v) is 5.77. The smallest absolute Gasteiger partial charge is 0.323 e. The highest BCUT2D eigenvalue weighted by Gasteiger charge is 2.42. The van der Waals surface area contributed by atoms with E-state index in [1.807, 2.05) is 13.0 Å². The van der Waals surface area contributed by atoms with Crippen LogP contribution in [0.4, 0.5) is 5.69 Å². The molecule has 0 atom stereocenters. The van der Waals surface area contributed by atoms with Crippen molar-refractivity contribution in [2.24, 2.45) is 0 Å². The van der Waals surface area contributed by atoms with Crippen molar-refractivity contribution >= 4 is 23.3 Å². The van der Waals surface area contributed by atoms with Gasteiger partial charge in [-0.3, -0.25) is 10.1 Å². The SMILES string of the molecule is Cc1ccc(N2CCC(NC3(C(=O)O)CCCC3)CC2)cc1Cl. The molecule has 1 aliphatic carbocycles. The number of carboxylic acid groups (broad SMARTS) is 1. The van der Waals surface area contributed by atoms with Crippen LogP contribution >= 0.6 is 11.6 Å². The fourth-order valence-electron chi connectivity index (χ4n) is 3.85. The van der Waals surface area contributed by atoms with Gasteiger partial charge in [-0.2, -0.15) is 0 Å². The average Bonchev–Trinajstić information content (AvgIpc) is 3.01. The van der Waals surface area contributed by atoms with E-state index in [2.05, 4.69) is 22.3 Å². The maximum absolute atomic E-state index is 11.7. The number of rotatable bonds is 4. The highest BCUT2D eigenvalue weighted by molar-refractivity contribution is 6.31. The number of anilines is 1. The molecule has 2 aliphatic rings. The van der Waals surface area contributed by atoms with Gasteiger partial charge in [-0.15, -0.1) is 0 Å². The average molecular weight is 337 g/mol. The second-order valence-corrected chi connectivity index (χ2v) is 7.34. The number of hydrogen-bond donors (Lipinski definition) is 2. The van der Waals surface area contributed by atoms with Crippen LogP contribution in [0.15, 0.2) is 18.2 Å². The summed E-state index contributed by atoms with van der Waals surface area (Å²) in [4.78, 5) is 14.0. The Labute approximate surface area is 142 Å². The fourth-order valence-corrected chi connectivity index (χ4v) is 4.02. The standard InChI is InChI=1S/C18H25ClN2O2/c1-13-4-5-15(12-16(13)19)21-10-6-14(7-11-21)20-18(17(22)23)8-2-3-9-18/h4-5,12,14,20H,2-3,6-11H2,1H3,(H,22,23). The molecular weight excluding hydrogens is 312 g/mol. The molecule has 2 fully saturated rings. The number of hydrogen-bond acceptors (Lipinski definition) is 3. The lowest BCUT2D eigenvalue weighted by atomic mass is 9.93.